The standard InChI is InChI=1S/C11H14N2O/c1-3-7-13(4-2)11-6-5-10(9-14)8-12-11/h3,5-6,8-9H,1,4,7H2,2H3. The van der Waals surface area contributed by atoms with Gasteiger partial charge < -0.3 is 4.90 Å². The Morgan fingerprint density at radius 1 is 1.57 bits per heavy atom. The Labute approximate surface area is 84.1 Å². The third-order valence-corrected chi connectivity index (χ3v) is 1.96. The van der Waals surface area contributed by atoms with Crippen molar-refractivity contribution in [1.82, 2.24) is 4.98 Å². The van der Waals surface area contributed by atoms with Crippen LogP contribution in [0.2, 0.25) is 0 Å². The van der Waals surface area contributed by atoms with Crippen molar-refractivity contribution in [2.24, 2.45) is 0 Å². The second kappa shape index (κ2) is 5.17. The summed E-state index contributed by atoms with van der Waals surface area (Å²) in [6.45, 7) is 7.38. The molecular formula is C11H14N2O. The molecule has 0 atom stereocenters. The molecule has 0 spiro atoms. The van der Waals surface area contributed by atoms with Gasteiger partial charge in [-0.2, -0.15) is 0 Å². The molecule has 1 aromatic heterocycles. The average molecular weight is 190 g/mol. The molecule has 74 valence electrons. The molecule has 0 aromatic carbocycles. The fraction of sp³-hybridized carbons (Fsp3) is 0.273. The number of hydrogen-bond acceptors (Lipinski definition) is 3. The highest BCUT2D eigenvalue weighted by Crippen LogP contribution is 2.09. The Balaban J connectivity index is 2.82. The van der Waals surface area contributed by atoms with Crippen LogP contribution >= 0.6 is 0 Å². The first-order valence-electron chi connectivity index (χ1n) is 4.59. The molecule has 0 saturated carbocycles. The number of carbonyl (C=O) groups is 1. The predicted octanol–water partition coefficient (Wildman–Crippen LogP) is 1.91. The van der Waals surface area contributed by atoms with E-state index in [0.717, 1.165) is 25.2 Å². The third kappa shape index (κ3) is 2.42. The summed E-state index contributed by atoms with van der Waals surface area (Å²) in [5.41, 5.74) is 0.600. The molecule has 0 aliphatic carbocycles. The van der Waals surface area contributed by atoms with E-state index in [9.17, 15) is 4.79 Å². The van der Waals surface area contributed by atoms with Gasteiger partial charge in [0.05, 0.1) is 0 Å². The Morgan fingerprint density at radius 3 is 2.79 bits per heavy atom. The smallest absolute Gasteiger partial charge is 0.151 e. The van der Waals surface area contributed by atoms with Gasteiger partial charge in [-0.15, -0.1) is 6.58 Å². The Hall–Kier alpha value is -1.64. The Morgan fingerprint density at radius 2 is 2.36 bits per heavy atom. The van der Waals surface area contributed by atoms with E-state index in [0.29, 0.717) is 5.56 Å². The summed E-state index contributed by atoms with van der Waals surface area (Å²) in [5, 5.41) is 0. The molecule has 3 nitrogen and oxygen atoms in total. The molecule has 0 amide bonds. The maximum atomic E-state index is 10.4. The lowest BCUT2D eigenvalue weighted by Gasteiger charge is -2.19. The molecule has 0 saturated heterocycles. The SMILES string of the molecule is C=CCN(CC)c1ccc(C=O)cn1. The molecule has 14 heavy (non-hydrogen) atoms. The van der Waals surface area contributed by atoms with Crippen LogP contribution in [0.4, 0.5) is 5.82 Å². The van der Waals surface area contributed by atoms with Crippen LogP contribution in [0.5, 0.6) is 0 Å². The maximum Gasteiger partial charge on any atom is 0.151 e. The van der Waals surface area contributed by atoms with Gasteiger partial charge in [0, 0.05) is 24.8 Å². The Bertz CT molecular complexity index is 306. The van der Waals surface area contributed by atoms with E-state index in [1.807, 2.05) is 12.1 Å². The molecule has 0 N–H and O–H groups in total. The first kappa shape index (κ1) is 10.4. The van der Waals surface area contributed by atoms with E-state index < -0.39 is 0 Å². The van der Waals surface area contributed by atoms with Crippen molar-refractivity contribution in [3.05, 3.63) is 36.5 Å². The van der Waals surface area contributed by atoms with Crippen LogP contribution in [0.3, 0.4) is 0 Å². The van der Waals surface area contributed by atoms with Crippen LogP contribution in [0.1, 0.15) is 17.3 Å². The number of hydrogen-bond donors (Lipinski definition) is 0. The van der Waals surface area contributed by atoms with Gasteiger partial charge in [0.1, 0.15) is 5.82 Å². The lowest BCUT2D eigenvalue weighted by Crippen LogP contribution is -2.23. The van der Waals surface area contributed by atoms with E-state index in [1.165, 1.54) is 0 Å². The van der Waals surface area contributed by atoms with Crippen molar-refractivity contribution in [3.8, 4) is 0 Å². The summed E-state index contributed by atoms with van der Waals surface area (Å²) in [7, 11) is 0. The molecule has 0 fully saturated rings. The summed E-state index contributed by atoms with van der Waals surface area (Å²) in [6, 6.07) is 3.61. The van der Waals surface area contributed by atoms with E-state index in [-0.39, 0.29) is 0 Å². The molecule has 1 aromatic rings. The first-order valence-corrected chi connectivity index (χ1v) is 4.59. The molecule has 1 heterocycles. The van der Waals surface area contributed by atoms with Crippen LogP contribution in [-0.2, 0) is 0 Å². The molecule has 0 aliphatic heterocycles. The normalized spacial score (nSPS) is 9.50. The quantitative estimate of drug-likeness (QED) is 0.525. The average Bonchev–Trinajstić information content (AvgIpc) is 2.26. The molecule has 0 radical (unpaired) electrons. The minimum atomic E-state index is 0.600. The van der Waals surface area contributed by atoms with Crippen molar-refractivity contribution in [1.29, 1.82) is 0 Å². The topological polar surface area (TPSA) is 33.2 Å². The van der Waals surface area contributed by atoms with Gasteiger partial charge in [-0.05, 0) is 19.1 Å². The lowest BCUT2D eigenvalue weighted by atomic mass is 10.3. The lowest BCUT2D eigenvalue weighted by molar-refractivity contribution is 0.112. The van der Waals surface area contributed by atoms with Crippen molar-refractivity contribution >= 4 is 12.1 Å². The zero-order valence-corrected chi connectivity index (χ0v) is 8.31. The number of anilines is 1. The Kier molecular flexibility index (Phi) is 3.85. The van der Waals surface area contributed by atoms with Crippen molar-refractivity contribution in [3.63, 3.8) is 0 Å². The predicted molar refractivity (Wildman–Crippen MR) is 57.7 cm³/mol. The van der Waals surface area contributed by atoms with E-state index in [2.05, 4.69) is 23.4 Å². The number of rotatable bonds is 5. The minimum Gasteiger partial charge on any atom is -0.353 e. The van der Waals surface area contributed by atoms with Crippen molar-refractivity contribution in [2.45, 2.75) is 6.92 Å². The van der Waals surface area contributed by atoms with E-state index in [4.69, 9.17) is 0 Å². The highest BCUT2D eigenvalue weighted by Gasteiger charge is 2.02. The summed E-state index contributed by atoms with van der Waals surface area (Å²) in [6.07, 6.45) is 4.20. The number of aldehydes is 1. The highest BCUT2D eigenvalue weighted by atomic mass is 16.1. The second-order valence-corrected chi connectivity index (χ2v) is 2.89. The van der Waals surface area contributed by atoms with E-state index in [1.54, 1.807) is 12.3 Å². The largest absolute Gasteiger partial charge is 0.353 e. The molecule has 1 rings (SSSR count). The third-order valence-electron chi connectivity index (χ3n) is 1.96. The number of nitrogens with zero attached hydrogens (tertiary/aromatic N) is 2. The number of pyridine rings is 1. The van der Waals surface area contributed by atoms with Gasteiger partial charge in [0.2, 0.25) is 0 Å². The van der Waals surface area contributed by atoms with Crippen LogP contribution in [0.25, 0.3) is 0 Å². The van der Waals surface area contributed by atoms with Crippen LogP contribution in [0.15, 0.2) is 31.0 Å². The number of aromatic nitrogens is 1. The van der Waals surface area contributed by atoms with Crippen LogP contribution in [0, 0.1) is 0 Å². The van der Waals surface area contributed by atoms with Crippen molar-refractivity contribution < 1.29 is 4.79 Å². The molecule has 0 aliphatic rings. The van der Waals surface area contributed by atoms with Gasteiger partial charge in [-0.1, -0.05) is 6.08 Å². The fourth-order valence-electron chi connectivity index (χ4n) is 1.19. The zero-order valence-electron chi connectivity index (χ0n) is 8.31. The fourth-order valence-corrected chi connectivity index (χ4v) is 1.19. The summed E-state index contributed by atoms with van der Waals surface area (Å²) < 4.78 is 0. The maximum absolute atomic E-state index is 10.4. The van der Waals surface area contributed by atoms with Crippen molar-refractivity contribution in [2.75, 3.05) is 18.0 Å². The van der Waals surface area contributed by atoms with E-state index >= 15 is 0 Å². The summed E-state index contributed by atoms with van der Waals surface area (Å²) in [5.74, 6) is 0.873. The zero-order chi connectivity index (χ0) is 10.4. The molecule has 3 heteroatoms. The number of carbonyl (C=O) groups excluding carboxylic acids is 1. The van der Waals surface area contributed by atoms with Crippen LogP contribution < -0.4 is 4.90 Å². The molecule has 0 bridgehead atoms. The minimum absolute atomic E-state index is 0.600. The monoisotopic (exact) mass is 190 g/mol. The molecule has 0 unspecified atom stereocenters. The van der Waals surface area contributed by atoms with Crippen LogP contribution in [-0.4, -0.2) is 24.4 Å². The summed E-state index contributed by atoms with van der Waals surface area (Å²) >= 11 is 0. The van der Waals surface area contributed by atoms with Gasteiger partial charge in [0.15, 0.2) is 6.29 Å². The summed E-state index contributed by atoms with van der Waals surface area (Å²) in [4.78, 5) is 16.7. The first-order chi connectivity index (χ1) is 6.81. The van der Waals surface area contributed by atoms with Gasteiger partial charge >= 0.3 is 0 Å². The second-order valence-electron chi connectivity index (χ2n) is 2.89. The van der Waals surface area contributed by atoms with Gasteiger partial charge in [0.25, 0.3) is 0 Å². The number of likely N-dealkylation sites (N-methyl/N-ethyl adjacent to an activating group) is 1. The highest BCUT2D eigenvalue weighted by molar-refractivity contribution is 5.74. The van der Waals surface area contributed by atoms with Gasteiger partial charge in [-0.3, -0.25) is 4.79 Å². The molecular weight excluding hydrogens is 176 g/mol. The van der Waals surface area contributed by atoms with Gasteiger partial charge in [-0.25, -0.2) is 4.98 Å².